The number of thiol groups is 1. The molecule has 0 bridgehead atoms. The SMILES string of the molecule is CCCOc1c(C)cc(Cl)cc1S. The van der Waals surface area contributed by atoms with Crippen molar-refractivity contribution in [3.63, 3.8) is 0 Å². The lowest BCUT2D eigenvalue weighted by molar-refractivity contribution is 0.308. The van der Waals surface area contributed by atoms with Crippen LogP contribution in [0.1, 0.15) is 18.9 Å². The van der Waals surface area contributed by atoms with Gasteiger partial charge in [-0.05, 0) is 31.0 Å². The van der Waals surface area contributed by atoms with Crippen LogP contribution >= 0.6 is 24.2 Å². The molecule has 1 rings (SSSR count). The smallest absolute Gasteiger partial charge is 0.135 e. The first kappa shape index (κ1) is 10.7. The minimum absolute atomic E-state index is 0.700. The average Bonchev–Trinajstić information content (AvgIpc) is 2.02. The molecule has 0 amide bonds. The van der Waals surface area contributed by atoms with Crippen LogP contribution in [0.5, 0.6) is 5.75 Å². The van der Waals surface area contributed by atoms with Gasteiger partial charge in [-0.1, -0.05) is 18.5 Å². The van der Waals surface area contributed by atoms with E-state index in [9.17, 15) is 0 Å². The topological polar surface area (TPSA) is 9.23 Å². The molecule has 0 unspecified atom stereocenters. The van der Waals surface area contributed by atoms with Gasteiger partial charge in [0.1, 0.15) is 5.75 Å². The summed E-state index contributed by atoms with van der Waals surface area (Å²) in [5.41, 5.74) is 1.03. The van der Waals surface area contributed by atoms with Crippen LogP contribution in [0.3, 0.4) is 0 Å². The Morgan fingerprint density at radius 1 is 1.46 bits per heavy atom. The van der Waals surface area contributed by atoms with Crippen molar-refractivity contribution in [2.24, 2.45) is 0 Å². The zero-order chi connectivity index (χ0) is 9.84. The van der Waals surface area contributed by atoms with Crippen molar-refractivity contribution in [1.82, 2.24) is 0 Å². The highest BCUT2D eigenvalue weighted by atomic mass is 35.5. The van der Waals surface area contributed by atoms with Gasteiger partial charge >= 0.3 is 0 Å². The van der Waals surface area contributed by atoms with Crippen LogP contribution < -0.4 is 4.74 Å². The molecule has 0 aromatic heterocycles. The zero-order valence-corrected chi connectivity index (χ0v) is 9.45. The number of aryl methyl sites for hydroxylation is 1. The molecule has 0 saturated carbocycles. The van der Waals surface area contributed by atoms with Gasteiger partial charge in [0, 0.05) is 9.92 Å². The Kier molecular flexibility index (Phi) is 3.94. The van der Waals surface area contributed by atoms with E-state index in [0.29, 0.717) is 5.02 Å². The lowest BCUT2D eigenvalue weighted by Crippen LogP contribution is -1.97. The van der Waals surface area contributed by atoms with E-state index in [1.807, 2.05) is 13.0 Å². The molecule has 0 saturated heterocycles. The van der Waals surface area contributed by atoms with E-state index >= 15 is 0 Å². The Morgan fingerprint density at radius 2 is 2.15 bits per heavy atom. The van der Waals surface area contributed by atoms with Crippen LogP contribution in [0.4, 0.5) is 0 Å². The standard InChI is InChI=1S/C10H13ClOS/c1-3-4-12-10-7(2)5-8(11)6-9(10)13/h5-6,13H,3-4H2,1-2H3. The second-order valence-electron chi connectivity index (χ2n) is 2.92. The lowest BCUT2D eigenvalue weighted by atomic mass is 10.2. The van der Waals surface area contributed by atoms with Gasteiger partial charge in [-0.15, -0.1) is 12.6 Å². The van der Waals surface area contributed by atoms with Gasteiger partial charge in [-0.2, -0.15) is 0 Å². The summed E-state index contributed by atoms with van der Waals surface area (Å²) in [7, 11) is 0. The molecule has 0 spiro atoms. The van der Waals surface area contributed by atoms with Crippen molar-refractivity contribution in [3.05, 3.63) is 22.7 Å². The molecule has 0 fully saturated rings. The fourth-order valence-electron chi connectivity index (χ4n) is 1.10. The maximum atomic E-state index is 5.85. The van der Waals surface area contributed by atoms with Crippen LogP contribution in [-0.4, -0.2) is 6.61 Å². The average molecular weight is 217 g/mol. The van der Waals surface area contributed by atoms with Crippen LogP contribution in [0.15, 0.2) is 17.0 Å². The molecule has 0 aliphatic rings. The zero-order valence-electron chi connectivity index (χ0n) is 7.80. The number of ether oxygens (including phenoxy) is 1. The monoisotopic (exact) mass is 216 g/mol. The quantitative estimate of drug-likeness (QED) is 0.758. The van der Waals surface area contributed by atoms with Crippen LogP contribution in [-0.2, 0) is 0 Å². The Labute approximate surface area is 89.5 Å². The molecule has 0 aliphatic carbocycles. The van der Waals surface area contributed by atoms with Gasteiger partial charge in [-0.3, -0.25) is 0 Å². The fourth-order valence-corrected chi connectivity index (χ4v) is 1.83. The van der Waals surface area contributed by atoms with Gasteiger partial charge in [-0.25, -0.2) is 0 Å². The predicted molar refractivity (Wildman–Crippen MR) is 59.2 cm³/mol. The second kappa shape index (κ2) is 4.77. The highest BCUT2D eigenvalue weighted by molar-refractivity contribution is 7.80. The van der Waals surface area contributed by atoms with Crippen molar-refractivity contribution in [3.8, 4) is 5.75 Å². The Hall–Kier alpha value is -0.340. The Bertz CT molecular complexity index is 276. The van der Waals surface area contributed by atoms with E-state index in [4.69, 9.17) is 16.3 Å². The summed E-state index contributed by atoms with van der Waals surface area (Å²) in [4.78, 5) is 0.804. The normalized spacial score (nSPS) is 10.2. The largest absolute Gasteiger partial charge is 0.492 e. The molecule has 0 atom stereocenters. The van der Waals surface area contributed by atoms with E-state index in [0.717, 1.165) is 29.2 Å². The molecular weight excluding hydrogens is 204 g/mol. The molecule has 0 aliphatic heterocycles. The van der Waals surface area contributed by atoms with Crippen LogP contribution in [0.2, 0.25) is 5.02 Å². The third-order valence-electron chi connectivity index (χ3n) is 1.67. The first-order valence-corrected chi connectivity index (χ1v) is 5.09. The van der Waals surface area contributed by atoms with Gasteiger partial charge in [0.15, 0.2) is 0 Å². The minimum atomic E-state index is 0.700. The molecule has 1 aromatic carbocycles. The van der Waals surface area contributed by atoms with E-state index in [2.05, 4.69) is 19.6 Å². The predicted octanol–water partition coefficient (Wildman–Crippen LogP) is 3.73. The Morgan fingerprint density at radius 3 is 2.69 bits per heavy atom. The molecular formula is C10H13ClOS. The van der Waals surface area contributed by atoms with Gasteiger partial charge < -0.3 is 4.74 Å². The first-order valence-electron chi connectivity index (χ1n) is 4.27. The maximum absolute atomic E-state index is 5.85. The molecule has 0 N–H and O–H groups in total. The Balaban J connectivity index is 2.92. The summed E-state index contributed by atoms with van der Waals surface area (Å²) in [6, 6.07) is 3.68. The molecule has 1 nitrogen and oxygen atoms in total. The van der Waals surface area contributed by atoms with Crippen molar-refractivity contribution in [1.29, 1.82) is 0 Å². The van der Waals surface area contributed by atoms with Crippen molar-refractivity contribution < 1.29 is 4.74 Å². The number of hydrogen-bond acceptors (Lipinski definition) is 2. The summed E-state index contributed by atoms with van der Waals surface area (Å²) in [6.45, 7) is 4.76. The summed E-state index contributed by atoms with van der Waals surface area (Å²) in [6.07, 6.45) is 0.995. The van der Waals surface area contributed by atoms with Gasteiger partial charge in [0.2, 0.25) is 0 Å². The summed E-state index contributed by atoms with van der Waals surface area (Å²) < 4.78 is 5.54. The van der Waals surface area contributed by atoms with Crippen LogP contribution in [0.25, 0.3) is 0 Å². The third-order valence-corrected chi connectivity index (χ3v) is 2.22. The lowest BCUT2D eigenvalue weighted by Gasteiger charge is -2.10. The first-order chi connectivity index (χ1) is 6.15. The number of rotatable bonds is 3. The second-order valence-corrected chi connectivity index (χ2v) is 3.84. The van der Waals surface area contributed by atoms with E-state index in [-0.39, 0.29) is 0 Å². The van der Waals surface area contributed by atoms with E-state index in [1.54, 1.807) is 6.07 Å². The van der Waals surface area contributed by atoms with E-state index in [1.165, 1.54) is 0 Å². The maximum Gasteiger partial charge on any atom is 0.135 e. The molecule has 3 heteroatoms. The van der Waals surface area contributed by atoms with Crippen molar-refractivity contribution in [2.75, 3.05) is 6.61 Å². The van der Waals surface area contributed by atoms with Crippen molar-refractivity contribution >= 4 is 24.2 Å². The summed E-state index contributed by atoms with van der Waals surface area (Å²) in [5.74, 6) is 0.842. The van der Waals surface area contributed by atoms with Crippen LogP contribution in [0, 0.1) is 6.92 Å². The number of halogens is 1. The highest BCUT2D eigenvalue weighted by Gasteiger charge is 2.05. The number of benzene rings is 1. The van der Waals surface area contributed by atoms with Gasteiger partial charge in [0.25, 0.3) is 0 Å². The molecule has 0 radical (unpaired) electrons. The molecule has 13 heavy (non-hydrogen) atoms. The molecule has 0 heterocycles. The number of hydrogen-bond donors (Lipinski definition) is 1. The van der Waals surface area contributed by atoms with Crippen molar-refractivity contribution in [2.45, 2.75) is 25.2 Å². The minimum Gasteiger partial charge on any atom is -0.492 e. The highest BCUT2D eigenvalue weighted by Crippen LogP contribution is 2.30. The summed E-state index contributed by atoms with van der Waals surface area (Å²) in [5, 5.41) is 0.700. The molecule has 72 valence electrons. The fraction of sp³-hybridized carbons (Fsp3) is 0.400. The van der Waals surface area contributed by atoms with E-state index < -0.39 is 0 Å². The summed E-state index contributed by atoms with van der Waals surface area (Å²) >= 11 is 10.2. The van der Waals surface area contributed by atoms with Gasteiger partial charge in [0.05, 0.1) is 6.61 Å². The molecule has 1 aromatic rings. The third kappa shape index (κ3) is 2.82.